The summed E-state index contributed by atoms with van der Waals surface area (Å²) in [4.78, 5) is 0.0816. The molecular formula is C22H22FNO3S. The van der Waals surface area contributed by atoms with E-state index in [1.807, 2.05) is 25.1 Å². The Bertz CT molecular complexity index is 1050. The molecule has 3 aromatic carbocycles. The first-order chi connectivity index (χ1) is 13.3. The van der Waals surface area contributed by atoms with Crippen molar-refractivity contribution >= 4 is 15.7 Å². The number of benzene rings is 3. The predicted molar refractivity (Wildman–Crippen MR) is 109 cm³/mol. The fraction of sp³-hybridized carbons (Fsp3) is 0.182. The molecule has 3 aromatic rings. The van der Waals surface area contributed by atoms with Crippen molar-refractivity contribution < 1.29 is 17.5 Å². The predicted octanol–water partition coefficient (Wildman–Crippen LogP) is 5.10. The fourth-order valence-corrected chi connectivity index (χ4v) is 5.03. The number of halogens is 1. The molecule has 0 bridgehead atoms. The highest BCUT2D eigenvalue weighted by molar-refractivity contribution is 7.92. The molecule has 28 heavy (non-hydrogen) atoms. The van der Waals surface area contributed by atoms with Crippen LogP contribution in [0.4, 0.5) is 10.1 Å². The molecule has 0 spiro atoms. The second kappa shape index (κ2) is 8.02. The molecule has 0 saturated carbocycles. The maximum atomic E-state index is 13.6. The van der Waals surface area contributed by atoms with E-state index in [9.17, 15) is 12.8 Å². The normalized spacial score (nSPS) is 12.4. The van der Waals surface area contributed by atoms with Gasteiger partial charge in [0, 0.05) is 0 Å². The van der Waals surface area contributed by atoms with Crippen LogP contribution in [0.15, 0.2) is 77.7 Å². The van der Waals surface area contributed by atoms with Gasteiger partial charge in [0.25, 0.3) is 10.0 Å². The van der Waals surface area contributed by atoms with Crippen molar-refractivity contribution in [2.24, 2.45) is 0 Å². The van der Waals surface area contributed by atoms with Crippen molar-refractivity contribution in [3.05, 3.63) is 89.7 Å². The van der Waals surface area contributed by atoms with E-state index in [-0.39, 0.29) is 4.90 Å². The Kier molecular flexibility index (Phi) is 5.70. The van der Waals surface area contributed by atoms with Gasteiger partial charge < -0.3 is 4.74 Å². The summed E-state index contributed by atoms with van der Waals surface area (Å²) in [5, 5.41) is 0. The number of methoxy groups -OCH3 is 1. The van der Waals surface area contributed by atoms with Crippen LogP contribution in [0.1, 0.15) is 24.1 Å². The molecule has 3 rings (SSSR count). The molecule has 0 heterocycles. The number of nitrogens with zero attached hydrogens (tertiary/aromatic N) is 1. The van der Waals surface area contributed by atoms with Gasteiger partial charge in [-0.15, -0.1) is 0 Å². The number of hydrogen-bond acceptors (Lipinski definition) is 3. The third-order valence-corrected chi connectivity index (χ3v) is 6.69. The topological polar surface area (TPSA) is 46.6 Å². The SMILES string of the molecule is COc1ccc(C(C)N(c2ccccc2)S(=O)(=O)c2ccc(F)cc2C)cc1. The zero-order valence-electron chi connectivity index (χ0n) is 16.0. The molecule has 0 aliphatic carbocycles. The van der Waals surface area contributed by atoms with Crippen LogP contribution in [-0.2, 0) is 10.0 Å². The molecule has 146 valence electrons. The maximum absolute atomic E-state index is 13.6. The number of aryl methyl sites for hydroxylation is 1. The van der Waals surface area contributed by atoms with Gasteiger partial charge in [-0.25, -0.2) is 12.8 Å². The molecule has 0 amide bonds. The van der Waals surface area contributed by atoms with Crippen LogP contribution < -0.4 is 9.04 Å². The largest absolute Gasteiger partial charge is 0.497 e. The lowest BCUT2D eigenvalue weighted by molar-refractivity contribution is 0.414. The first-order valence-electron chi connectivity index (χ1n) is 8.84. The molecule has 0 aromatic heterocycles. The van der Waals surface area contributed by atoms with Crippen molar-refractivity contribution in [2.75, 3.05) is 11.4 Å². The van der Waals surface area contributed by atoms with Crippen LogP contribution in [0, 0.1) is 12.7 Å². The van der Waals surface area contributed by atoms with E-state index in [0.29, 0.717) is 17.0 Å². The number of sulfonamides is 1. The molecule has 4 nitrogen and oxygen atoms in total. The van der Waals surface area contributed by atoms with Gasteiger partial charge in [0.1, 0.15) is 11.6 Å². The summed E-state index contributed by atoms with van der Waals surface area (Å²) in [6.45, 7) is 3.42. The van der Waals surface area contributed by atoms with Gasteiger partial charge in [0.2, 0.25) is 0 Å². The summed E-state index contributed by atoms with van der Waals surface area (Å²) in [7, 11) is -2.35. The van der Waals surface area contributed by atoms with Crippen LogP contribution in [-0.4, -0.2) is 15.5 Å². The van der Waals surface area contributed by atoms with Gasteiger partial charge in [-0.05, 0) is 67.4 Å². The lowest BCUT2D eigenvalue weighted by Crippen LogP contribution is -2.34. The van der Waals surface area contributed by atoms with E-state index in [0.717, 1.165) is 5.56 Å². The third-order valence-electron chi connectivity index (χ3n) is 4.63. The molecule has 0 aliphatic heterocycles. The minimum Gasteiger partial charge on any atom is -0.497 e. The molecule has 0 aliphatic rings. The second-order valence-electron chi connectivity index (χ2n) is 6.50. The Labute approximate surface area is 165 Å². The van der Waals surface area contributed by atoms with Crippen LogP contribution in [0.2, 0.25) is 0 Å². The van der Waals surface area contributed by atoms with Gasteiger partial charge >= 0.3 is 0 Å². The van der Waals surface area contributed by atoms with Crippen molar-refractivity contribution in [3.63, 3.8) is 0 Å². The summed E-state index contributed by atoms with van der Waals surface area (Å²) in [6, 6.07) is 19.4. The minimum atomic E-state index is -3.93. The van der Waals surface area contributed by atoms with E-state index in [4.69, 9.17) is 4.74 Å². The lowest BCUT2D eigenvalue weighted by atomic mass is 10.1. The second-order valence-corrected chi connectivity index (χ2v) is 8.28. The Morgan fingerprint density at radius 3 is 2.18 bits per heavy atom. The van der Waals surface area contributed by atoms with E-state index in [1.54, 1.807) is 50.4 Å². The quantitative estimate of drug-likeness (QED) is 0.579. The average Bonchev–Trinajstić information content (AvgIpc) is 2.68. The molecule has 1 unspecified atom stereocenters. The Hall–Kier alpha value is -2.86. The van der Waals surface area contributed by atoms with E-state index in [1.165, 1.54) is 22.5 Å². The van der Waals surface area contributed by atoms with E-state index >= 15 is 0 Å². The van der Waals surface area contributed by atoms with Crippen LogP contribution >= 0.6 is 0 Å². The smallest absolute Gasteiger partial charge is 0.265 e. The van der Waals surface area contributed by atoms with Crippen LogP contribution in [0.3, 0.4) is 0 Å². The fourth-order valence-electron chi connectivity index (χ4n) is 3.17. The van der Waals surface area contributed by atoms with Gasteiger partial charge in [-0.3, -0.25) is 4.31 Å². The van der Waals surface area contributed by atoms with Gasteiger partial charge in [0.15, 0.2) is 0 Å². The maximum Gasteiger partial charge on any atom is 0.265 e. The third kappa shape index (κ3) is 3.87. The number of hydrogen-bond donors (Lipinski definition) is 0. The summed E-state index contributed by atoms with van der Waals surface area (Å²) in [6.07, 6.45) is 0. The number of ether oxygens (including phenoxy) is 1. The number of para-hydroxylation sites is 1. The number of rotatable bonds is 6. The first kappa shape index (κ1) is 19.9. The van der Waals surface area contributed by atoms with Gasteiger partial charge in [-0.1, -0.05) is 30.3 Å². The highest BCUT2D eigenvalue weighted by Crippen LogP contribution is 2.34. The summed E-state index contributed by atoms with van der Waals surface area (Å²) >= 11 is 0. The molecule has 0 N–H and O–H groups in total. The Balaban J connectivity index is 2.13. The van der Waals surface area contributed by atoms with Crippen LogP contribution in [0.25, 0.3) is 0 Å². The molecule has 1 atom stereocenters. The molecule has 6 heteroatoms. The molecule has 0 fully saturated rings. The zero-order valence-corrected chi connectivity index (χ0v) is 16.8. The highest BCUT2D eigenvalue weighted by atomic mass is 32.2. The standard InChI is InChI=1S/C22H22FNO3S/c1-16-15-19(23)11-14-22(16)28(25,26)24(20-7-5-4-6-8-20)17(2)18-9-12-21(27-3)13-10-18/h4-15,17H,1-3H3. The van der Waals surface area contributed by atoms with Gasteiger partial charge in [-0.2, -0.15) is 0 Å². The van der Waals surface area contributed by atoms with Crippen molar-refractivity contribution in [2.45, 2.75) is 24.8 Å². The molecule has 0 saturated heterocycles. The van der Waals surface area contributed by atoms with E-state index in [2.05, 4.69) is 0 Å². The highest BCUT2D eigenvalue weighted by Gasteiger charge is 2.31. The monoisotopic (exact) mass is 399 g/mol. The summed E-state index contributed by atoms with van der Waals surface area (Å²) in [5.74, 6) is 0.227. The van der Waals surface area contributed by atoms with Crippen molar-refractivity contribution in [1.82, 2.24) is 0 Å². The molecule has 0 radical (unpaired) electrons. The van der Waals surface area contributed by atoms with Crippen molar-refractivity contribution in [1.29, 1.82) is 0 Å². The summed E-state index contributed by atoms with van der Waals surface area (Å²) < 4.78 is 47.3. The van der Waals surface area contributed by atoms with Crippen molar-refractivity contribution in [3.8, 4) is 5.75 Å². The van der Waals surface area contributed by atoms with Gasteiger partial charge in [0.05, 0.1) is 23.7 Å². The number of anilines is 1. The lowest BCUT2D eigenvalue weighted by Gasteiger charge is -2.31. The minimum absolute atomic E-state index is 0.0816. The summed E-state index contributed by atoms with van der Waals surface area (Å²) in [5.41, 5.74) is 1.71. The Morgan fingerprint density at radius 1 is 0.964 bits per heavy atom. The van der Waals surface area contributed by atoms with E-state index < -0.39 is 21.9 Å². The first-order valence-corrected chi connectivity index (χ1v) is 10.3. The molecular weight excluding hydrogens is 377 g/mol. The van der Waals surface area contributed by atoms with Crippen LogP contribution in [0.5, 0.6) is 5.75 Å². The Morgan fingerprint density at radius 2 is 1.61 bits per heavy atom. The average molecular weight is 399 g/mol. The zero-order chi connectivity index (χ0) is 20.3.